The van der Waals surface area contributed by atoms with Crippen LogP contribution in [0.2, 0.25) is 0 Å². The third kappa shape index (κ3) is 2.82. The molecule has 0 unspecified atom stereocenters. The van der Waals surface area contributed by atoms with E-state index in [4.69, 9.17) is 21.4 Å². The molecule has 3 atom stereocenters. The van der Waals surface area contributed by atoms with E-state index in [0.29, 0.717) is 28.9 Å². The van der Waals surface area contributed by atoms with Gasteiger partial charge in [-0.1, -0.05) is 54.3 Å². The molecule has 0 radical (unpaired) electrons. The number of carbonyl (C=O) groups excluding carboxylic acids is 2. The monoisotopic (exact) mass is 519 g/mol. The number of ether oxygens (including phenoxy) is 1. The Balaban J connectivity index is 1.60. The zero-order chi connectivity index (χ0) is 25.2. The number of furan rings is 1. The molecule has 2 amide bonds. The lowest BCUT2D eigenvalue weighted by molar-refractivity contribution is -0.139. The van der Waals surface area contributed by atoms with Crippen molar-refractivity contribution >= 4 is 45.8 Å². The number of amides is 2. The average Bonchev–Trinajstić information content (AvgIpc) is 3.61. The highest BCUT2D eigenvalue weighted by Crippen LogP contribution is 2.67. The Hall–Kier alpha value is -3.14. The van der Waals surface area contributed by atoms with E-state index in [1.807, 2.05) is 72.6 Å². The highest BCUT2D eigenvalue weighted by atomic mass is 32.2. The number of rotatable bonds is 4. The van der Waals surface area contributed by atoms with Gasteiger partial charge in [-0.3, -0.25) is 19.4 Å². The Bertz CT molecular complexity index is 1380. The molecule has 4 heterocycles. The second-order valence-electron chi connectivity index (χ2n) is 9.39. The summed E-state index contributed by atoms with van der Waals surface area (Å²) in [6, 6.07) is 19.1. The minimum atomic E-state index is -1.29. The SMILES string of the molecule is COc1ccc2c(c1)[C@]1(C(=O)N2C)N(C)C[C@@H](c2ccco2)[C@]12SC(=S)N(Cc1ccccc1)C2=O. The summed E-state index contributed by atoms with van der Waals surface area (Å²) in [5, 5.41) is 0. The van der Waals surface area contributed by atoms with Crippen molar-refractivity contribution in [2.75, 3.05) is 32.6 Å². The van der Waals surface area contributed by atoms with Gasteiger partial charge in [0.25, 0.3) is 5.91 Å². The molecule has 2 saturated heterocycles. The Morgan fingerprint density at radius 2 is 1.86 bits per heavy atom. The summed E-state index contributed by atoms with van der Waals surface area (Å²) in [7, 11) is 5.26. The van der Waals surface area contributed by atoms with Gasteiger partial charge in [-0.15, -0.1) is 0 Å². The largest absolute Gasteiger partial charge is 0.497 e. The number of thioether (sulfide) groups is 1. The maximum Gasteiger partial charge on any atom is 0.254 e. The summed E-state index contributed by atoms with van der Waals surface area (Å²) < 4.78 is 10.6. The van der Waals surface area contributed by atoms with Crippen molar-refractivity contribution in [2.45, 2.75) is 22.7 Å². The molecular weight excluding hydrogens is 494 g/mol. The zero-order valence-electron chi connectivity index (χ0n) is 20.1. The van der Waals surface area contributed by atoms with Gasteiger partial charge in [0.05, 0.1) is 25.8 Å². The third-order valence-electron chi connectivity index (χ3n) is 7.73. The van der Waals surface area contributed by atoms with Gasteiger partial charge in [0.15, 0.2) is 5.54 Å². The van der Waals surface area contributed by atoms with Crippen molar-refractivity contribution in [3.63, 3.8) is 0 Å². The van der Waals surface area contributed by atoms with Crippen LogP contribution in [0.1, 0.15) is 22.8 Å². The van der Waals surface area contributed by atoms with Crippen molar-refractivity contribution in [3.05, 3.63) is 83.8 Å². The zero-order valence-corrected chi connectivity index (χ0v) is 21.8. The smallest absolute Gasteiger partial charge is 0.254 e. The predicted octanol–water partition coefficient (Wildman–Crippen LogP) is 3.99. The van der Waals surface area contributed by atoms with E-state index in [1.165, 1.54) is 11.8 Å². The van der Waals surface area contributed by atoms with Crippen molar-refractivity contribution in [1.29, 1.82) is 0 Å². The van der Waals surface area contributed by atoms with Crippen LogP contribution in [-0.2, 0) is 21.7 Å². The maximum atomic E-state index is 14.7. The minimum Gasteiger partial charge on any atom is -0.497 e. The molecule has 2 fully saturated rings. The standard InChI is InChI=1S/C27H25N3O4S2/c1-28-16-20(22-10-7-13-34-22)27(24(32)30(25(35)36-27)15-17-8-5-4-6-9-17)26(28)19-14-18(33-3)11-12-21(19)29(2)23(26)31/h4-14,20H,15-16H2,1-3H3/t20-,26+,27+/m0/s1. The van der Waals surface area contributed by atoms with Gasteiger partial charge in [-0.25, -0.2) is 0 Å². The molecule has 9 heteroatoms. The second-order valence-corrected chi connectivity index (χ2v) is 11.3. The highest BCUT2D eigenvalue weighted by Gasteiger charge is 2.79. The summed E-state index contributed by atoms with van der Waals surface area (Å²) in [4.78, 5) is 34.4. The van der Waals surface area contributed by atoms with Crippen LogP contribution in [0.4, 0.5) is 5.69 Å². The van der Waals surface area contributed by atoms with Crippen LogP contribution >= 0.6 is 24.0 Å². The molecule has 3 aromatic rings. The fourth-order valence-electron chi connectivity index (χ4n) is 6.15. The molecule has 6 rings (SSSR count). The lowest BCUT2D eigenvalue weighted by Crippen LogP contribution is -2.62. The van der Waals surface area contributed by atoms with Gasteiger partial charge in [-0.2, -0.15) is 0 Å². The van der Waals surface area contributed by atoms with Gasteiger partial charge >= 0.3 is 0 Å². The number of likely N-dealkylation sites (N-methyl/N-ethyl adjacent to an activating group) is 2. The molecule has 3 aliphatic rings. The quantitative estimate of drug-likeness (QED) is 0.483. The van der Waals surface area contributed by atoms with Crippen LogP contribution in [0.3, 0.4) is 0 Å². The fraction of sp³-hybridized carbons (Fsp3) is 0.296. The molecule has 7 nitrogen and oxygen atoms in total. The number of thiocarbonyl (C=S) groups is 1. The number of hydrogen-bond donors (Lipinski definition) is 0. The van der Waals surface area contributed by atoms with Gasteiger partial charge in [-0.05, 0) is 42.9 Å². The molecular formula is C27H25N3O4S2. The van der Waals surface area contributed by atoms with E-state index in [0.717, 1.165) is 16.8 Å². The number of likely N-dealkylation sites (tertiary alicyclic amines) is 1. The molecule has 2 spiro atoms. The molecule has 1 aromatic heterocycles. The third-order valence-corrected chi connectivity index (χ3v) is 9.67. The first kappa shape index (κ1) is 23.3. The lowest BCUT2D eigenvalue weighted by atomic mass is 9.73. The first-order valence-corrected chi connectivity index (χ1v) is 12.9. The first-order valence-electron chi connectivity index (χ1n) is 11.7. The van der Waals surface area contributed by atoms with Crippen molar-refractivity contribution in [2.24, 2.45) is 0 Å². The number of methoxy groups -OCH3 is 1. The second kappa shape index (κ2) is 8.19. The normalized spacial score (nSPS) is 27.6. The Morgan fingerprint density at radius 3 is 2.56 bits per heavy atom. The molecule has 0 N–H and O–H groups in total. The minimum absolute atomic E-state index is 0.160. The highest BCUT2D eigenvalue weighted by molar-refractivity contribution is 8.25. The molecule has 36 heavy (non-hydrogen) atoms. The molecule has 3 aliphatic heterocycles. The predicted molar refractivity (Wildman–Crippen MR) is 142 cm³/mol. The molecule has 184 valence electrons. The van der Waals surface area contributed by atoms with E-state index in [9.17, 15) is 9.59 Å². The Labute approximate surface area is 219 Å². The fourth-order valence-corrected chi connectivity index (χ4v) is 8.25. The van der Waals surface area contributed by atoms with Crippen LogP contribution in [0.25, 0.3) is 0 Å². The van der Waals surface area contributed by atoms with Crippen LogP contribution < -0.4 is 9.64 Å². The number of fused-ring (bicyclic) bond motifs is 3. The Morgan fingerprint density at radius 1 is 1.08 bits per heavy atom. The molecule has 2 aromatic carbocycles. The van der Waals surface area contributed by atoms with E-state index in [2.05, 4.69) is 0 Å². The molecule has 0 aliphatic carbocycles. The van der Waals surface area contributed by atoms with E-state index in [1.54, 1.807) is 30.2 Å². The van der Waals surface area contributed by atoms with Crippen LogP contribution in [0.5, 0.6) is 5.75 Å². The lowest BCUT2D eigenvalue weighted by Gasteiger charge is -2.41. The summed E-state index contributed by atoms with van der Waals surface area (Å²) in [6.07, 6.45) is 1.61. The van der Waals surface area contributed by atoms with Crippen LogP contribution in [0.15, 0.2) is 71.3 Å². The van der Waals surface area contributed by atoms with E-state index < -0.39 is 16.2 Å². The van der Waals surface area contributed by atoms with Crippen LogP contribution in [0, 0.1) is 0 Å². The van der Waals surface area contributed by atoms with Gasteiger partial charge < -0.3 is 14.1 Å². The summed E-state index contributed by atoms with van der Waals surface area (Å²) in [5.74, 6) is 0.552. The number of nitrogens with zero attached hydrogens (tertiary/aromatic N) is 3. The first-order chi connectivity index (χ1) is 17.4. The number of benzene rings is 2. The molecule has 0 bridgehead atoms. The van der Waals surface area contributed by atoms with Crippen molar-refractivity contribution in [1.82, 2.24) is 9.80 Å². The average molecular weight is 520 g/mol. The van der Waals surface area contributed by atoms with Crippen molar-refractivity contribution in [3.8, 4) is 5.75 Å². The van der Waals surface area contributed by atoms with Gasteiger partial charge in [0.1, 0.15) is 20.6 Å². The number of hydrogen-bond acceptors (Lipinski definition) is 7. The summed E-state index contributed by atoms with van der Waals surface area (Å²) >= 11 is 7.17. The van der Waals surface area contributed by atoms with Gasteiger partial charge in [0.2, 0.25) is 5.91 Å². The van der Waals surface area contributed by atoms with Gasteiger partial charge in [0, 0.05) is 24.8 Å². The molecule has 0 saturated carbocycles. The number of anilines is 1. The van der Waals surface area contributed by atoms with E-state index in [-0.39, 0.29) is 11.8 Å². The van der Waals surface area contributed by atoms with E-state index >= 15 is 0 Å². The topological polar surface area (TPSA) is 66.2 Å². The Kier molecular flexibility index (Phi) is 5.30. The van der Waals surface area contributed by atoms with Crippen molar-refractivity contribution < 1.29 is 18.7 Å². The summed E-state index contributed by atoms with van der Waals surface area (Å²) in [6.45, 7) is 0.789. The number of carbonyl (C=O) groups is 2. The summed E-state index contributed by atoms with van der Waals surface area (Å²) in [5.41, 5.74) is 1.18. The maximum absolute atomic E-state index is 14.7. The van der Waals surface area contributed by atoms with Crippen LogP contribution in [-0.4, -0.2) is 58.4 Å².